The van der Waals surface area contributed by atoms with Crippen molar-refractivity contribution in [3.63, 3.8) is 0 Å². The van der Waals surface area contributed by atoms with Crippen molar-refractivity contribution < 1.29 is 17.9 Å². The molecule has 8 nitrogen and oxygen atoms in total. The molecule has 0 atom stereocenters. The van der Waals surface area contributed by atoms with Crippen LogP contribution in [0.5, 0.6) is 5.75 Å². The average Bonchev–Trinajstić information content (AvgIpc) is 2.78. The number of hydrogen-bond acceptors (Lipinski definition) is 6. The summed E-state index contributed by atoms with van der Waals surface area (Å²) < 4.78 is 32.6. The molecule has 1 amide bonds. The van der Waals surface area contributed by atoms with E-state index in [-0.39, 0.29) is 15.5 Å². The fourth-order valence-corrected chi connectivity index (χ4v) is 4.39. The Morgan fingerprint density at radius 2 is 1.75 bits per heavy atom. The minimum Gasteiger partial charge on any atom is -0.497 e. The molecule has 1 aromatic heterocycles. The number of aromatic nitrogens is 1. The van der Waals surface area contributed by atoms with Gasteiger partial charge >= 0.3 is 0 Å². The summed E-state index contributed by atoms with van der Waals surface area (Å²) in [7, 11) is 2.62. The largest absolute Gasteiger partial charge is 0.497 e. The Bertz CT molecular complexity index is 1230. The van der Waals surface area contributed by atoms with Crippen molar-refractivity contribution in [1.82, 2.24) is 4.98 Å². The number of nitrogens with one attached hydrogen (secondary N) is 1. The molecule has 0 saturated carbocycles. The number of sulfonamides is 1. The molecule has 1 N–H and O–H groups in total. The van der Waals surface area contributed by atoms with E-state index < -0.39 is 15.9 Å². The van der Waals surface area contributed by atoms with E-state index in [1.165, 1.54) is 32.4 Å². The molecular formula is C22H23ClN4O4S. The lowest BCUT2D eigenvalue weighted by molar-refractivity contribution is 0.102. The summed E-state index contributed by atoms with van der Waals surface area (Å²) in [5, 5.41) is 2.88. The molecule has 2 aromatic carbocycles. The third-order valence-corrected chi connectivity index (χ3v) is 6.85. The van der Waals surface area contributed by atoms with Crippen LogP contribution >= 0.6 is 11.6 Å². The first kappa shape index (κ1) is 23.4. The maximum absolute atomic E-state index is 13.2. The highest BCUT2D eigenvalue weighted by Gasteiger charge is 2.24. The van der Waals surface area contributed by atoms with Gasteiger partial charge in [0.2, 0.25) is 0 Å². The van der Waals surface area contributed by atoms with Crippen LogP contribution in [0.3, 0.4) is 0 Å². The maximum Gasteiger partial charge on any atom is 0.264 e. The molecular weight excluding hydrogens is 452 g/mol. The molecule has 10 heteroatoms. The zero-order valence-corrected chi connectivity index (χ0v) is 19.6. The zero-order chi connectivity index (χ0) is 23.5. The molecule has 0 bridgehead atoms. The number of carbonyl (C=O) groups excluding carboxylic acids is 1. The minimum atomic E-state index is -3.95. The number of ether oxygens (including phenoxy) is 1. The van der Waals surface area contributed by atoms with Gasteiger partial charge < -0.3 is 15.0 Å². The van der Waals surface area contributed by atoms with Crippen LogP contribution in [0.2, 0.25) is 5.02 Å². The van der Waals surface area contributed by atoms with E-state index in [0.717, 1.165) is 4.31 Å². The topological polar surface area (TPSA) is 91.8 Å². The van der Waals surface area contributed by atoms with Crippen LogP contribution in [0.25, 0.3) is 0 Å². The number of carbonyl (C=O) groups is 1. The van der Waals surface area contributed by atoms with Gasteiger partial charge in [0, 0.05) is 27.3 Å². The highest BCUT2D eigenvalue weighted by Crippen LogP contribution is 2.28. The summed E-state index contributed by atoms with van der Waals surface area (Å²) in [5.41, 5.74) is 0.948. The van der Waals surface area contributed by atoms with E-state index in [0.29, 0.717) is 22.9 Å². The van der Waals surface area contributed by atoms with Gasteiger partial charge in [0.15, 0.2) is 5.82 Å². The van der Waals surface area contributed by atoms with Gasteiger partial charge in [-0.1, -0.05) is 11.6 Å². The monoisotopic (exact) mass is 474 g/mol. The van der Waals surface area contributed by atoms with Crippen molar-refractivity contribution >= 4 is 44.7 Å². The van der Waals surface area contributed by atoms with Crippen molar-refractivity contribution in [1.29, 1.82) is 0 Å². The van der Waals surface area contributed by atoms with Crippen LogP contribution < -0.4 is 19.3 Å². The Morgan fingerprint density at radius 1 is 1.06 bits per heavy atom. The van der Waals surface area contributed by atoms with E-state index >= 15 is 0 Å². The number of methoxy groups -OCH3 is 1. The second kappa shape index (κ2) is 9.46. The van der Waals surface area contributed by atoms with Gasteiger partial charge in [0.05, 0.1) is 34.0 Å². The molecule has 0 saturated heterocycles. The summed E-state index contributed by atoms with van der Waals surface area (Å²) in [5.74, 6) is 0.618. The number of anilines is 3. The van der Waals surface area contributed by atoms with Crippen LogP contribution in [-0.4, -0.2) is 47.6 Å². The predicted molar refractivity (Wildman–Crippen MR) is 127 cm³/mol. The lowest BCUT2D eigenvalue weighted by Crippen LogP contribution is -2.27. The van der Waals surface area contributed by atoms with Crippen LogP contribution in [0.4, 0.5) is 17.2 Å². The zero-order valence-electron chi connectivity index (χ0n) is 18.0. The highest BCUT2D eigenvalue weighted by atomic mass is 35.5. The smallest absolute Gasteiger partial charge is 0.264 e. The predicted octanol–water partition coefficient (Wildman–Crippen LogP) is 3.89. The van der Waals surface area contributed by atoms with Crippen molar-refractivity contribution in [3.05, 3.63) is 71.4 Å². The Labute approximate surface area is 192 Å². The van der Waals surface area contributed by atoms with Crippen LogP contribution in [0.15, 0.2) is 65.7 Å². The number of nitrogens with zero attached hydrogens (tertiary/aromatic N) is 3. The second-order valence-corrected chi connectivity index (χ2v) is 9.41. The molecule has 3 rings (SSSR count). The Balaban J connectivity index is 1.93. The van der Waals surface area contributed by atoms with Crippen LogP contribution in [0, 0.1) is 0 Å². The fraction of sp³-hybridized carbons (Fsp3) is 0.182. The number of benzene rings is 2. The summed E-state index contributed by atoms with van der Waals surface area (Å²) in [4.78, 5) is 18.9. The first-order valence-corrected chi connectivity index (χ1v) is 11.3. The summed E-state index contributed by atoms with van der Waals surface area (Å²) in [6.45, 7) is 0. The molecule has 0 fully saturated rings. The Morgan fingerprint density at radius 3 is 2.38 bits per heavy atom. The van der Waals surface area contributed by atoms with Crippen LogP contribution in [0.1, 0.15) is 10.4 Å². The number of hydrogen-bond donors (Lipinski definition) is 1. The minimum absolute atomic E-state index is 0.0319. The fourth-order valence-electron chi connectivity index (χ4n) is 2.97. The lowest BCUT2D eigenvalue weighted by Gasteiger charge is -2.20. The lowest BCUT2D eigenvalue weighted by atomic mass is 10.2. The van der Waals surface area contributed by atoms with Crippen molar-refractivity contribution in [2.75, 3.05) is 42.8 Å². The first-order valence-electron chi connectivity index (χ1n) is 9.51. The summed E-state index contributed by atoms with van der Waals surface area (Å²) in [6.07, 6.45) is 1.61. The van der Waals surface area contributed by atoms with Gasteiger partial charge in [-0.2, -0.15) is 0 Å². The average molecular weight is 475 g/mol. The van der Waals surface area contributed by atoms with Gasteiger partial charge in [0.1, 0.15) is 5.75 Å². The molecule has 0 aliphatic heterocycles. The molecule has 0 aliphatic rings. The van der Waals surface area contributed by atoms with Crippen molar-refractivity contribution in [2.45, 2.75) is 4.90 Å². The third kappa shape index (κ3) is 4.79. The van der Waals surface area contributed by atoms with E-state index in [2.05, 4.69) is 10.3 Å². The maximum atomic E-state index is 13.2. The van der Waals surface area contributed by atoms with Gasteiger partial charge in [0.25, 0.3) is 15.9 Å². The molecule has 1 heterocycles. The van der Waals surface area contributed by atoms with Crippen LogP contribution in [-0.2, 0) is 10.0 Å². The van der Waals surface area contributed by atoms with Gasteiger partial charge in [-0.25, -0.2) is 13.4 Å². The van der Waals surface area contributed by atoms with E-state index in [9.17, 15) is 13.2 Å². The molecule has 32 heavy (non-hydrogen) atoms. The second-order valence-electron chi connectivity index (χ2n) is 7.04. The first-order chi connectivity index (χ1) is 15.1. The van der Waals surface area contributed by atoms with E-state index in [1.54, 1.807) is 61.6 Å². The van der Waals surface area contributed by atoms with Crippen molar-refractivity contribution in [2.24, 2.45) is 0 Å². The quantitative estimate of drug-likeness (QED) is 0.558. The normalized spacial score (nSPS) is 11.0. The van der Waals surface area contributed by atoms with E-state index in [4.69, 9.17) is 16.3 Å². The van der Waals surface area contributed by atoms with Gasteiger partial charge in [-0.3, -0.25) is 9.10 Å². The number of pyridine rings is 1. The SMILES string of the molecule is COc1ccc(N(C)S(=O)(=O)c2ccc(Cl)c(C(=O)Nc3cccnc3N(C)C)c2)cc1. The molecule has 0 spiro atoms. The van der Waals surface area contributed by atoms with Gasteiger partial charge in [-0.05, 0) is 54.6 Å². The molecule has 3 aromatic rings. The summed E-state index contributed by atoms with van der Waals surface area (Å²) >= 11 is 6.23. The number of amides is 1. The molecule has 0 radical (unpaired) electrons. The number of halogens is 1. The highest BCUT2D eigenvalue weighted by molar-refractivity contribution is 7.92. The molecule has 168 valence electrons. The Hall–Kier alpha value is -3.30. The van der Waals surface area contributed by atoms with Crippen molar-refractivity contribution in [3.8, 4) is 5.75 Å². The van der Waals surface area contributed by atoms with E-state index in [1.807, 2.05) is 0 Å². The molecule has 0 aliphatic carbocycles. The standard InChI is InChI=1S/C22H23ClN4O4S/c1-26(2)21-20(6-5-13-24-21)25-22(28)18-14-17(11-12-19(18)23)32(29,30)27(3)15-7-9-16(31-4)10-8-15/h5-14H,1-4H3,(H,25,28). The molecule has 0 unspecified atom stereocenters. The number of rotatable bonds is 7. The third-order valence-electron chi connectivity index (χ3n) is 4.74. The van der Waals surface area contributed by atoms with Gasteiger partial charge in [-0.15, -0.1) is 0 Å². The summed E-state index contributed by atoms with van der Waals surface area (Å²) in [6, 6.07) is 14.0. The Kier molecular flexibility index (Phi) is 6.90.